The average Bonchev–Trinajstić information content (AvgIpc) is 2.85. The molecule has 0 radical (unpaired) electrons. The Morgan fingerprint density at radius 1 is 1.26 bits per heavy atom. The zero-order valence-electron chi connectivity index (χ0n) is 10.8. The molecule has 0 saturated carbocycles. The molecule has 2 N–H and O–H groups in total. The number of aromatic carboxylic acids is 1. The minimum atomic E-state index is -0.842. The molecule has 1 heterocycles. The highest BCUT2D eigenvalue weighted by atomic mass is 32.1. The third-order valence-corrected chi connectivity index (χ3v) is 4.03. The number of aryl methyl sites for hydroxylation is 1. The van der Waals surface area contributed by atoms with Crippen molar-refractivity contribution in [3.63, 3.8) is 0 Å². The summed E-state index contributed by atoms with van der Waals surface area (Å²) in [4.78, 5) is 11.4. The third-order valence-electron chi connectivity index (χ3n) is 3.09. The van der Waals surface area contributed by atoms with Crippen LogP contribution in [0.15, 0.2) is 35.7 Å². The summed E-state index contributed by atoms with van der Waals surface area (Å²) in [5.74, 6) is -0.842. The molecule has 2 rings (SSSR count). The van der Waals surface area contributed by atoms with E-state index in [1.165, 1.54) is 22.5 Å². The van der Waals surface area contributed by atoms with Gasteiger partial charge in [0.15, 0.2) is 0 Å². The molecule has 0 atom stereocenters. The fourth-order valence-electron chi connectivity index (χ4n) is 2.00. The van der Waals surface area contributed by atoms with Crippen molar-refractivity contribution in [2.24, 2.45) is 0 Å². The van der Waals surface area contributed by atoms with Gasteiger partial charge in [0.1, 0.15) is 4.88 Å². The lowest BCUT2D eigenvalue weighted by atomic mass is 10.1. The quantitative estimate of drug-likeness (QED) is 0.796. The number of carboxylic acids is 1. The highest BCUT2D eigenvalue weighted by Gasteiger charge is 2.10. The minimum absolute atomic E-state index is 0.434. The molecule has 19 heavy (non-hydrogen) atoms. The molecule has 4 heteroatoms. The molecule has 3 nitrogen and oxygen atoms in total. The van der Waals surface area contributed by atoms with Gasteiger partial charge in [-0.05, 0) is 48.0 Å². The van der Waals surface area contributed by atoms with Gasteiger partial charge in [0.25, 0.3) is 0 Å². The van der Waals surface area contributed by atoms with E-state index in [2.05, 4.69) is 24.4 Å². The van der Waals surface area contributed by atoms with E-state index in [9.17, 15) is 4.79 Å². The van der Waals surface area contributed by atoms with Crippen LogP contribution < -0.4 is 5.32 Å². The molecule has 0 aliphatic carbocycles. The maximum absolute atomic E-state index is 11.0. The monoisotopic (exact) mass is 275 g/mol. The molecule has 100 valence electrons. The Hall–Kier alpha value is -1.65. The van der Waals surface area contributed by atoms with Crippen LogP contribution in [0, 0.1) is 6.92 Å². The lowest BCUT2D eigenvalue weighted by Crippen LogP contribution is -2.18. The maximum Gasteiger partial charge on any atom is 0.346 e. The van der Waals surface area contributed by atoms with E-state index >= 15 is 0 Å². The molecular weight excluding hydrogens is 258 g/mol. The Balaban J connectivity index is 1.83. The summed E-state index contributed by atoms with van der Waals surface area (Å²) in [5, 5.41) is 14.1. The summed E-state index contributed by atoms with van der Waals surface area (Å²) in [6, 6.07) is 10.2. The summed E-state index contributed by atoms with van der Waals surface area (Å²) in [7, 11) is 0. The SMILES string of the molecule is Cc1ccccc1CCNCc1ccsc1C(=O)O. The van der Waals surface area contributed by atoms with Crippen molar-refractivity contribution in [1.29, 1.82) is 0 Å². The second-order valence-corrected chi connectivity index (χ2v) is 5.35. The van der Waals surface area contributed by atoms with Gasteiger partial charge in [-0.1, -0.05) is 24.3 Å². The van der Waals surface area contributed by atoms with E-state index in [0.29, 0.717) is 11.4 Å². The number of nitrogens with one attached hydrogen (secondary N) is 1. The van der Waals surface area contributed by atoms with Crippen molar-refractivity contribution in [3.8, 4) is 0 Å². The summed E-state index contributed by atoms with van der Waals surface area (Å²) in [5.41, 5.74) is 3.49. The van der Waals surface area contributed by atoms with E-state index < -0.39 is 5.97 Å². The minimum Gasteiger partial charge on any atom is -0.477 e. The van der Waals surface area contributed by atoms with Gasteiger partial charge in [-0.25, -0.2) is 4.79 Å². The van der Waals surface area contributed by atoms with E-state index in [1.807, 2.05) is 23.6 Å². The number of rotatable bonds is 6. The van der Waals surface area contributed by atoms with Gasteiger partial charge in [0.2, 0.25) is 0 Å². The first kappa shape index (κ1) is 13.8. The molecule has 1 aromatic heterocycles. The fourth-order valence-corrected chi connectivity index (χ4v) is 2.76. The molecule has 0 aliphatic rings. The Labute approximate surface area is 116 Å². The van der Waals surface area contributed by atoms with Crippen LogP contribution in [-0.2, 0) is 13.0 Å². The normalized spacial score (nSPS) is 10.6. The summed E-state index contributed by atoms with van der Waals surface area (Å²) in [6.07, 6.45) is 0.958. The standard InChI is InChI=1S/C15H17NO2S/c1-11-4-2-3-5-12(11)6-8-16-10-13-7-9-19-14(13)15(17)18/h2-5,7,9,16H,6,8,10H2,1H3,(H,17,18). The van der Waals surface area contributed by atoms with E-state index in [0.717, 1.165) is 18.5 Å². The Kier molecular flexibility index (Phi) is 4.71. The van der Waals surface area contributed by atoms with Crippen molar-refractivity contribution >= 4 is 17.3 Å². The van der Waals surface area contributed by atoms with Crippen LogP contribution in [0.2, 0.25) is 0 Å². The molecule has 0 amide bonds. The molecule has 0 unspecified atom stereocenters. The lowest BCUT2D eigenvalue weighted by molar-refractivity contribution is 0.0701. The molecular formula is C15H17NO2S. The number of thiophene rings is 1. The molecule has 0 saturated heterocycles. The summed E-state index contributed by atoms with van der Waals surface area (Å²) >= 11 is 1.27. The van der Waals surface area contributed by atoms with Crippen LogP contribution in [0.5, 0.6) is 0 Å². The smallest absolute Gasteiger partial charge is 0.346 e. The second kappa shape index (κ2) is 6.50. The predicted octanol–water partition coefficient (Wildman–Crippen LogP) is 3.09. The fraction of sp³-hybridized carbons (Fsp3) is 0.267. The molecule has 0 spiro atoms. The van der Waals surface area contributed by atoms with E-state index in [4.69, 9.17) is 5.11 Å². The number of benzene rings is 1. The molecule has 2 aromatic rings. The van der Waals surface area contributed by atoms with Crippen LogP contribution >= 0.6 is 11.3 Å². The number of hydrogen-bond donors (Lipinski definition) is 2. The number of hydrogen-bond acceptors (Lipinski definition) is 3. The van der Waals surface area contributed by atoms with Crippen LogP contribution in [-0.4, -0.2) is 17.6 Å². The van der Waals surface area contributed by atoms with Gasteiger partial charge in [-0.3, -0.25) is 0 Å². The van der Waals surface area contributed by atoms with Gasteiger partial charge in [0.05, 0.1) is 0 Å². The first-order valence-electron chi connectivity index (χ1n) is 6.23. The second-order valence-electron chi connectivity index (χ2n) is 4.43. The lowest BCUT2D eigenvalue weighted by Gasteiger charge is -2.07. The van der Waals surface area contributed by atoms with E-state index in [-0.39, 0.29) is 0 Å². The van der Waals surface area contributed by atoms with Crippen LogP contribution in [0.3, 0.4) is 0 Å². The highest BCUT2D eigenvalue weighted by molar-refractivity contribution is 7.12. The van der Waals surface area contributed by atoms with Crippen molar-refractivity contribution in [3.05, 3.63) is 57.3 Å². The largest absolute Gasteiger partial charge is 0.477 e. The Bertz CT molecular complexity index is 563. The third kappa shape index (κ3) is 3.66. The number of carboxylic acid groups (broad SMARTS) is 1. The van der Waals surface area contributed by atoms with Crippen LogP contribution in [0.25, 0.3) is 0 Å². The molecule has 0 fully saturated rings. The van der Waals surface area contributed by atoms with Crippen LogP contribution in [0.4, 0.5) is 0 Å². The topological polar surface area (TPSA) is 49.3 Å². The first-order chi connectivity index (χ1) is 9.18. The van der Waals surface area contributed by atoms with Gasteiger partial charge < -0.3 is 10.4 Å². The number of carbonyl (C=O) groups is 1. The first-order valence-corrected chi connectivity index (χ1v) is 7.11. The predicted molar refractivity (Wildman–Crippen MR) is 77.9 cm³/mol. The van der Waals surface area contributed by atoms with Crippen molar-refractivity contribution in [1.82, 2.24) is 5.32 Å². The van der Waals surface area contributed by atoms with Crippen molar-refractivity contribution in [2.75, 3.05) is 6.54 Å². The summed E-state index contributed by atoms with van der Waals surface area (Å²) in [6.45, 7) is 3.56. The van der Waals surface area contributed by atoms with E-state index in [1.54, 1.807) is 0 Å². The molecule has 1 aromatic carbocycles. The van der Waals surface area contributed by atoms with Crippen molar-refractivity contribution in [2.45, 2.75) is 19.9 Å². The summed E-state index contributed by atoms with van der Waals surface area (Å²) < 4.78 is 0. The van der Waals surface area contributed by atoms with Gasteiger partial charge in [-0.15, -0.1) is 11.3 Å². The van der Waals surface area contributed by atoms with Crippen LogP contribution in [0.1, 0.15) is 26.4 Å². The van der Waals surface area contributed by atoms with Gasteiger partial charge in [0, 0.05) is 6.54 Å². The zero-order valence-corrected chi connectivity index (χ0v) is 11.7. The average molecular weight is 275 g/mol. The molecule has 0 bridgehead atoms. The van der Waals surface area contributed by atoms with Gasteiger partial charge in [-0.2, -0.15) is 0 Å². The maximum atomic E-state index is 11.0. The van der Waals surface area contributed by atoms with Crippen molar-refractivity contribution < 1.29 is 9.90 Å². The molecule has 0 aliphatic heterocycles. The Morgan fingerprint density at radius 2 is 2.05 bits per heavy atom. The highest BCUT2D eigenvalue weighted by Crippen LogP contribution is 2.16. The van der Waals surface area contributed by atoms with Gasteiger partial charge >= 0.3 is 5.97 Å². The zero-order chi connectivity index (χ0) is 13.7. The Morgan fingerprint density at radius 3 is 2.79 bits per heavy atom.